The van der Waals surface area contributed by atoms with E-state index in [2.05, 4.69) is 4.98 Å². The number of fused-ring (bicyclic) bond motifs is 1. The van der Waals surface area contributed by atoms with Gasteiger partial charge in [-0.3, -0.25) is 9.78 Å². The number of hydrogen-bond acceptors (Lipinski definition) is 2. The van der Waals surface area contributed by atoms with Gasteiger partial charge in [0.2, 0.25) is 5.91 Å². The van der Waals surface area contributed by atoms with Crippen LogP contribution in [0.4, 0.5) is 17.6 Å². The van der Waals surface area contributed by atoms with Crippen molar-refractivity contribution in [2.45, 2.75) is 12.7 Å². The molecule has 0 aliphatic rings. The lowest BCUT2D eigenvalue weighted by molar-refractivity contribution is -0.140. The van der Waals surface area contributed by atoms with E-state index in [1.54, 1.807) is 24.7 Å². The summed E-state index contributed by atoms with van der Waals surface area (Å²) in [6, 6.07) is 4.32. The van der Waals surface area contributed by atoms with Crippen LogP contribution in [0.3, 0.4) is 0 Å². The van der Waals surface area contributed by atoms with Crippen molar-refractivity contribution in [1.82, 2.24) is 14.5 Å². The molecule has 142 valence electrons. The monoisotopic (exact) mass is 399 g/mol. The van der Waals surface area contributed by atoms with Gasteiger partial charge >= 0.3 is 6.18 Å². The van der Waals surface area contributed by atoms with Crippen molar-refractivity contribution >= 4 is 28.5 Å². The summed E-state index contributed by atoms with van der Waals surface area (Å²) >= 11 is 6.14. The lowest BCUT2D eigenvalue weighted by Gasteiger charge is -2.12. The second kappa shape index (κ2) is 6.84. The number of rotatable bonds is 3. The van der Waals surface area contributed by atoms with Crippen LogP contribution >= 0.6 is 11.6 Å². The van der Waals surface area contributed by atoms with Crippen LogP contribution in [0.25, 0.3) is 22.2 Å². The van der Waals surface area contributed by atoms with E-state index in [9.17, 15) is 22.4 Å². The average Bonchev–Trinajstić information content (AvgIpc) is 2.89. The molecule has 0 N–H and O–H groups in total. The van der Waals surface area contributed by atoms with Crippen molar-refractivity contribution in [2.24, 2.45) is 0 Å². The maximum atomic E-state index is 13.5. The second-order valence-electron chi connectivity index (χ2n) is 6.18. The molecule has 3 rings (SSSR count). The summed E-state index contributed by atoms with van der Waals surface area (Å²) in [6.45, 7) is -0.00142. The predicted octanol–water partition coefficient (Wildman–Crippen LogP) is 4.60. The van der Waals surface area contributed by atoms with Gasteiger partial charge in [-0.1, -0.05) is 17.7 Å². The van der Waals surface area contributed by atoms with Crippen LogP contribution in [0.15, 0.2) is 36.7 Å². The minimum atomic E-state index is -4.81. The Kier molecular flexibility index (Phi) is 4.86. The summed E-state index contributed by atoms with van der Waals surface area (Å²) in [5, 5.41) is 0.318. The van der Waals surface area contributed by atoms with Gasteiger partial charge in [-0.2, -0.15) is 13.2 Å². The number of aromatic nitrogens is 2. The van der Waals surface area contributed by atoms with Gasteiger partial charge in [-0.15, -0.1) is 0 Å². The highest BCUT2D eigenvalue weighted by Crippen LogP contribution is 2.35. The summed E-state index contributed by atoms with van der Waals surface area (Å²) in [7, 11) is 3.22. The van der Waals surface area contributed by atoms with Crippen LogP contribution in [0.5, 0.6) is 0 Å². The third-order valence-electron chi connectivity index (χ3n) is 4.08. The molecule has 2 aromatic heterocycles. The van der Waals surface area contributed by atoms with Crippen molar-refractivity contribution in [3.05, 3.63) is 53.1 Å². The summed E-state index contributed by atoms with van der Waals surface area (Å²) in [5.41, 5.74) is 0.0641. The highest BCUT2D eigenvalue weighted by atomic mass is 35.5. The topological polar surface area (TPSA) is 38.1 Å². The largest absolute Gasteiger partial charge is 0.419 e. The van der Waals surface area contributed by atoms with Crippen molar-refractivity contribution < 1.29 is 22.4 Å². The van der Waals surface area contributed by atoms with Gasteiger partial charge in [-0.25, -0.2) is 4.39 Å². The lowest BCUT2D eigenvalue weighted by Crippen LogP contribution is -2.25. The Morgan fingerprint density at radius 3 is 2.56 bits per heavy atom. The normalized spacial score (nSPS) is 11.8. The van der Waals surface area contributed by atoms with Crippen LogP contribution in [-0.2, 0) is 17.5 Å². The van der Waals surface area contributed by atoms with E-state index >= 15 is 0 Å². The first-order valence-electron chi connectivity index (χ1n) is 7.79. The van der Waals surface area contributed by atoms with E-state index in [4.69, 9.17) is 11.6 Å². The molecule has 3 aromatic rings. The zero-order valence-corrected chi connectivity index (χ0v) is 15.1. The van der Waals surface area contributed by atoms with Gasteiger partial charge in [0.25, 0.3) is 0 Å². The highest BCUT2D eigenvalue weighted by molar-refractivity contribution is 6.35. The molecule has 4 nitrogen and oxygen atoms in total. The predicted molar refractivity (Wildman–Crippen MR) is 93.8 cm³/mol. The van der Waals surface area contributed by atoms with Crippen LogP contribution < -0.4 is 0 Å². The van der Waals surface area contributed by atoms with Gasteiger partial charge in [0.1, 0.15) is 17.9 Å². The first-order chi connectivity index (χ1) is 12.6. The fraction of sp³-hybridized carbons (Fsp3) is 0.222. The second-order valence-corrected chi connectivity index (χ2v) is 6.58. The number of pyridine rings is 1. The smallest absolute Gasteiger partial charge is 0.347 e. The molecule has 1 amide bonds. The third-order valence-corrected chi connectivity index (χ3v) is 4.36. The summed E-state index contributed by atoms with van der Waals surface area (Å²) < 4.78 is 54.0. The summed E-state index contributed by atoms with van der Waals surface area (Å²) in [6.07, 6.45) is -1.91. The Labute approximate surface area is 157 Å². The number of likely N-dealkylation sites (N-methyl/N-ethyl adjacent to an activating group) is 1. The van der Waals surface area contributed by atoms with E-state index < -0.39 is 17.6 Å². The molecule has 2 heterocycles. The molecule has 0 saturated heterocycles. The van der Waals surface area contributed by atoms with E-state index in [-0.39, 0.29) is 18.0 Å². The Morgan fingerprint density at radius 1 is 1.22 bits per heavy atom. The van der Waals surface area contributed by atoms with Gasteiger partial charge < -0.3 is 9.47 Å². The van der Waals surface area contributed by atoms with Gasteiger partial charge in [0, 0.05) is 32.1 Å². The van der Waals surface area contributed by atoms with E-state index in [0.717, 1.165) is 12.1 Å². The molecule has 0 unspecified atom stereocenters. The molecule has 27 heavy (non-hydrogen) atoms. The van der Waals surface area contributed by atoms with Crippen molar-refractivity contribution in [1.29, 1.82) is 0 Å². The zero-order chi connectivity index (χ0) is 19.9. The van der Waals surface area contributed by atoms with Crippen LogP contribution in [-0.4, -0.2) is 34.5 Å². The molecule has 0 radical (unpaired) electrons. The quantitative estimate of drug-likeness (QED) is 0.603. The first kappa shape index (κ1) is 19.2. The van der Waals surface area contributed by atoms with E-state index in [0.29, 0.717) is 21.6 Å². The molecule has 0 aliphatic heterocycles. The van der Waals surface area contributed by atoms with Gasteiger partial charge in [-0.05, 0) is 23.8 Å². The highest BCUT2D eigenvalue weighted by Gasteiger charge is 2.34. The Balaban J connectivity index is 2.10. The first-order valence-corrected chi connectivity index (χ1v) is 8.17. The Morgan fingerprint density at radius 2 is 1.93 bits per heavy atom. The zero-order valence-electron chi connectivity index (χ0n) is 14.3. The van der Waals surface area contributed by atoms with Gasteiger partial charge in [0.05, 0.1) is 16.1 Å². The molecule has 0 aliphatic carbocycles. The van der Waals surface area contributed by atoms with E-state index in [1.165, 1.54) is 23.4 Å². The number of benzene rings is 1. The standard InChI is InChI=1S/C18H14ClF4N3O/c1-25(2)16(27)9-26-8-13(19)17-15(26)6-11(7-24-17)10-3-4-14(20)12(5-10)18(21,22)23/h3-8H,9H2,1-2H3. The number of carbonyl (C=O) groups excluding carboxylic acids is 1. The molecule has 1 aromatic carbocycles. The number of hydrogen-bond donors (Lipinski definition) is 0. The number of halogens is 5. The minimum absolute atomic E-state index is 0.00142. The number of amides is 1. The molecular weight excluding hydrogens is 386 g/mol. The third kappa shape index (κ3) is 3.75. The minimum Gasteiger partial charge on any atom is -0.347 e. The molecule has 9 heteroatoms. The summed E-state index contributed by atoms with van der Waals surface area (Å²) in [4.78, 5) is 17.6. The molecule has 0 fully saturated rings. The maximum absolute atomic E-state index is 13.5. The Bertz CT molecular complexity index is 1030. The van der Waals surface area contributed by atoms with Crippen LogP contribution in [0, 0.1) is 5.82 Å². The molecule has 0 saturated carbocycles. The van der Waals surface area contributed by atoms with Crippen molar-refractivity contribution in [2.75, 3.05) is 14.1 Å². The average molecular weight is 400 g/mol. The van der Waals surface area contributed by atoms with Gasteiger partial charge in [0.15, 0.2) is 0 Å². The van der Waals surface area contributed by atoms with E-state index in [1.807, 2.05) is 0 Å². The number of nitrogens with zero attached hydrogens (tertiary/aromatic N) is 3. The SMILES string of the molecule is CN(C)C(=O)Cn1cc(Cl)c2ncc(-c3ccc(F)c(C(F)(F)F)c3)cc21. The molecular formula is C18H14ClF4N3O. The van der Waals surface area contributed by atoms with Crippen LogP contribution in [0.2, 0.25) is 5.02 Å². The number of alkyl halides is 3. The molecule has 0 spiro atoms. The van der Waals surface area contributed by atoms with Crippen molar-refractivity contribution in [3.8, 4) is 11.1 Å². The van der Waals surface area contributed by atoms with Crippen molar-refractivity contribution in [3.63, 3.8) is 0 Å². The fourth-order valence-electron chi connectivity index (χ4n) is 2.62. The Hall–Kier alpha value is -2.61. The summed E-state index contributed by atoms with van der Waals surface area (Å²) in [5.74, 6) is -1.53. The fourth-order valence-corrected chi connectivity index (χ4v) is 2.88. The van der Waals surface area contributed by atoms with Crippen LogP contribution in [0.1, 0.15) is 5.56 Å². The lowest BCUT2D eigenvalue weighted by atomic mass is 10.0. The molecule has 0 atom stereocenters. The number of carbonyl (C=O) groups is 1. The maximum Gasteiger partial charge on any atom is 0.419 e. The molecule has 0 bridgehead atoms.